The van der Waals surface area contributed by atoms with E-state index < -0.39 is 6.04 Å². The summed E-state index contributed by atoms with van der Waals surface area (Å²) in [7, 11) is 0. The van der Waals surface area contributed by atoms with Gasteiger partial charge in [-0.05, 0) is 13.8 Å². The molecular weight excluding hydrogens is 210 g/mol. The van der Waals surface area contributed by atoms with Crippen molar-refractivity contribution in [1.29, 1.82) is 0 Å². The lowest BCUT2D eigenvalue weighted by Crippen LogP contribution is -2.39. The lowest BCUT2D eigenvalue weighted by molar-refractivity contribution is -0.140. The average Bonchev–Trinajstić information content (AvgIpc) is 2.76. The number of aromatic nitrogens is 1. The van der Waals surface area contributed by atoms with Crippen LogP contribution in [-0.4, -0.2) is 34.0 Å². The first-order chi connectivity index (χ1) is 7.59. The maximum absolute atomic E-state index is 11.9. The van der Waals surface area contributed by atoms with E-state index in [2.05, 4.69) is 15.0 Å². The van der Waals surface area contributed by atoms with Gasteiger partial charge in [0.1, 0.15) is 12.3 Å². The maximum atomic E-state index is 11.9. The van der Waals surface area contributed by atoms with Crippen molar-refractivity contribution in [2.45, 2.75) is 32.4 Å². The number of nitrogens with zero attached hydrogens (tertiary/aromatic N) is 2. The van der Waals surface area contributed by atoms with Gasteiger partial charge < -0.3 is 9.84 Å². The summed E-state index contributed by atoms with van der Waals surface area (Å²) in [4.78, 5) is 24.7. The third-order valence-electron chi connectivity index (χ3n) is 2.47. The topological polar surface area (TPSA) is 75.4 Å². The monoisotopic (exact) mass is 223 g/mol. The molecule has 0 saturated carbocycles. The molecule has 0 radical (unpaired) electrons. The minimum absolute atomic E-state index is 0.103. The molecule has 1 aromatic heterocycles. The largest absolute Gasteiger partial charge is 0.369 e. The van der Waals surface area contributed by atoms with Gasteiger partial charge in [0.15, 0.2) is 0 Å². The van der Waals surface area contributed by atoms with Crippen molar-refractivity contribution in [1.82, 2.24) is 10.1 Å². The minimum Gasteiger partial charge on any atom is -0.369 e. The van der Waals surface area contributed by atoms with Crippen LogP contribution in [0.1, 0.15) is 20.3 Å². The molecule has 0 aromatic carbocycles. The van der Waals surface area contributed by atoms with Crippen LogP contribution in [0.15, 0.2) is 17.0 Å². The van der Waals surface area contributed by atoms with Crippen molar-refractivity contribution in [2.75, 3.05) is 5.32 Å². The van der Waals surface area contributed by atoms with E-state index in [1.807, 2.05) is 13.8 Å². The van der Waals surface area contributed by atoms with Crippen LogP contribution in [0.4, 0.5) is 5.69 Å². The zero-order valence-electron chi connectivity index (χ0n) is 9.14. The number of hydrogen-bond acceptors (Lipinski definition) is 5. The molecule has 1 fully saturated rings. The smallest absolute Gasteiger partial charge is 0.252 e. The molecule has 1 aliphatic rings. The molecule has 1 unspecified atom stereocenters. The minimum atomic E-state index is -0.505. The summed E-state index contributed by atoms with van der Waals surface area (Å²) in [6.45, 7) is 3.63. The van der Waals surface area contributed by atoms with E-state index in [9.17, 15) is 9.59 Å². The predicted molar refractivity (Wildman–Crippen MR) is 55.5 cm³/mol. The van der Waals surface area contributed by atoms with Crippen LogP contribution < -0.4 is 5.32 Å². The van der Waals surface area contributed by atoms with Crippen LogP contribution in [0.25, 0.3) is 0 Å². The molecule has 6 heteroatoms. The molecule has 2 heterocycles. The number of nitrogens with one attached hydrogen (secondary N) is 1. The number of carbonyl (C=O) groups excluding carboxylic acids is 2. The first-order valence-corrected chi connectivity index (χ1v) is 5.11. The molecule has 86 valence electrons. The molecular formula is C10H13N3O3. The second kappa shape index (κ2) is 3.96. The first kappa shape index (κ1) is 10.7. The summed E-state index contributed by atoms with van der Waals surface area (Å²) in [6.07, 6.45) is 3.05. The highest BCUT2D eigenvalue weighted by Gasteiger charge is 2.39. The molecule has 1 aliphatic heterocycles. The van der Waals surface area contributed by atoms with Gasteiger partial charge >= 0.3 is 0 Å². The molecule has 1 atom stereocenters. The normalized spacial score (nSPS) is 20.9. The molecule has 2 rings (SSSR count). The maximum Gasteiger partial charge on any atom is 0.252 e. The van der Waals surface area contributed by atoms with Crippen molar-refractivity contribution in [3.8, 4) is 0 Å². The van der Waals surface area contributed by atoms with Gasteiger partial charge in [0.2, 0.25) is 5.91 Å². The summed E-state index contributed by atoms with van der Waals surface area (Å²) in [5, 5.41) is 6.43. The number of hydrogen-bond donors (Lipinski definition) is 1. The Morgan fingerprint density at radius 1 is 1.56 bits per heavy atom. The molecule has 0 bridgehead atoms. The van der Waals surface area contributed by atoms with E-state index in [-0.39, 0.29) is 24.3 Å². The lowest BCUT2D eigenvalue weighted by atomic mass is 10.2. The Morgan fingerprint density at radius 3 is 2.81 bits per heavy atom. The number of rotatable bonds is 3. The average molecular weight is 223 g/mol. The molecule has 1 saturated heterocycles. The van der Waals surface area contributed by atoms with Crippen LogP contribution in [0, 0.1) is 0 Å². The Labute approximate surface area is 92.6 Å². The number of carbonyl (C=O) groups is 2. The third kappa shape index (κ3) is 1.78. The van der Waals surface area contributed by atoms with E-state index in [1.165, 1.54) is 17.4 Å². The van der Waals surface area contributed by atoms with Crippen LogP contribution in [0.3, 0.4) is 0 Å². The summed E-state index contributed by atoms with van der Waals surface area (Å²) >= 11 is 0. The molecule has 1 aromatic rings. The van der Waals surface area contributed by atoms with E-state index in [1.54, 1.807) is 0 Å². The summed E-state index contributed by atoms with van der Waals surface area (Å²) < 4.78 is 4.64. The fraction of sp³-hybridized carbons (Fsp3) is 0.500. The van der Waals surface area contributed by atoms with Crippen molar-refractivity contribution in [3.05, 3.63) is 12.5 Å². The van der Waals surface area contributed by atoms with Crippen LogP contribution in [0.5, 0.6) is 0 Å². The highest BCUT2D eigenvalue weighted by molar-refractivity contribution is 6.07. The molecule has 6 nitrogen and oxygen atoms in total. The van der Waals surface area contributed by atoms with E-state index >= 15 is 0 Å². The first-order valence-electron chi connectivity index (χ1n) is 5.11. The molecule has 1 N–H and O–H groups in total. The summed E-state index contributed by atoms with van der Waals surface area (Å²) in [5.41, 5.74) is 0.608. The Hall–Kier alpha value is -1.85. The van der Waals surface area contributed by atoms with E-state index in [0.29, 0.717) is 5.69 Å². The Balaban J connectivity index is 2.09. The van der Waals surface area contributed by atoms with Crippen LogP contribution >= 0.6 is 0 Å². The van der Waals surface area contributed by atoms with Gasteiger partial charge in [-0.3, -0.25) is 14.5 Å². The van der Waals surface area contributed by atoms with Crippen molar-refractivity contribution in [2.24, 2.45) is 0 Å². The second-order valence-corrected chi connectivity index (χ2v) is 4.01. The van der Waals surface area contributed by atoms with Gasteiger partial charge in [0.25, 0.3) is 5.91 Å². The number of likely N-dealkylation sites (tertiary alicyclic amines) is 1. The Kier molecular flexibility index (Phi) is 2.64. The van der Waals surface area contributed by atoms with Crippen molar-refractivity contribution < 1.29 is 14.1 Å². The quantitative estimate of drug-likeness (QED) is 0.760. The zero-order chi connectivity index (χ0) is 11.7. The summed E-state index contributed by atoms with van der Waals surface area (Å²) in [6, 6.07) is -0.608. The number of amides is 2. The van der Waals surface area contributed by atoms with Crippen LogP contribution in [-0.2, 0) is 9.59 Å². The summed E-state index contributed by atoms with van der Waals surface area (Å²) in [5.74, 6) is -0.338. The standard InChI is InChI=1S/C10H13N3O3/c1-6(2)13-9(14)3-8(10(13)15)12-7-4-11-16-5-7/h4-6,8,12H,3H2,1-2H3. The second-order valence-electron chi connectivity index (χ2n) is 4.01. The number of imide groups is 1. The van der Waals surface area contributed by atoms with Gasteiger partial charge in [-0.2, -0.15) is 0 Å². The van der Waals surface area contributed by atoms with Gasteiger partial charge in [0, 0.05) is 6.04 Å². The molecule has 2 amide bonds. The van der Waals surface area contributed by atoms with Crippen molar-refractivity contribution in [3.63, 3.8) is 0 Å². The highest BCUT2D eigenvalue weighted by Crippen LogP contribution is 2.19. The molecule has 16 heavy (non-hydrogen) atoms. The molecule has 0 spiro atoms. The van der Waals surface area contributed by atoms with Gasteiger partial charge in [-0.1, -0.05) is 5.16 Å². The van der Waals surface area contributed by atoms with Gasteiger partial charge in [-0.25, -0.2) is 0 Å². The van der Waals surface area contributed by atoms with Gasteiger partial charge in [0.05, 0.1) is 18.3 Å². The Morgan fingerprint density at radius 2 is 2.31 bits per heavy atom. The van der Waals surface area contributed by atoms with Crippen LogP contribution in [0.2, 0.25) is 0 Å². The zero-order valence-corrected chi connectivity index (χ0v) is 9.14. The fourth-order valence-corrected chi connectivity index (χ4v) is 1.78. The van der Waals surface area contributed by atoms with Crippen molar-refractivity contribution >= 4 is 17.5 Å². The lowest BCUT2D eigenvalue weighted by Gasteiger charge is -2.19. The SMILES string of the molecule is CC(C)N1C(=O)CC(Nc2cnoc2)C1=O. The van der Waals surface area contributed by atoms with E-state index in [4.69, 9.17) is 0 Å². The third-order valence-corrected chi connectivity index (χ3v) is 2.47. The molecule has 0 aliphatic carbocycles. The van der Waals surface area contributed by atoms with E-state index in [0.717, 1.165) is 0 Å². The Bertz CT molecular complexity index is 399. The number of anilines is 1. The fourth-order valence-electron chi connectivity index (χ4n) is 1.78. The van der Waals surface area contributed by atoms with Gasteiger partial charge in [-0.15, -0.1) is 0 Å². The highest BCUT2D eigenvalue weighted by atomic mass is 16.5. The predicted octanol–water partition coefficient (Wildman–Crippen LogP) is 0.622.